The number of carbonyl (C=O) groups excluding carboxylic acids is 1. The van der Waals surface area contributed by atoms with Gasteiger partial charge in [0.05, 0.1) is 33.0 Å². The summed E-state index contributed by atoms with van der Waals surface area (Å²) < 4.78 is 44.9. The molecule has 6 atom stereocenters. The highest BCUT2D eigenvalue weighted by Crippen LogP contribution is 2.32. The number of carbonyl (C=O) groups is 1. The molecule has 0 aromatic heterocycles. The van der Waals surface area contributed by atoms with Crippen LogP contribution in [0.5, 0.6) is 0 Å². The molecule has 244 valence electrons. The zero-order valence-electron chi connectivity index (χ0n) is 26.2. The molecule has 4 aromatic carbocycles. The fraction of sp³-hybridized carbons (Fsp3) is 0.308. The highest BCUT2D eigenvalue weighted by Gasteiger charge is 2.50. The molecule has 0 aliphatic carbocycles. The fourth-order valence-electron chi connectivity index (χ4n) is 5.53. The van der Waals surface area contributed by atoms with E-state index in [1.54, 1.807) is 6.08 Å². The summed E-state index contributed by atoms with van der Waals surface area (Å²) in [6, 6.07) is 39.8. The van der Waals surface area contributed by atoms with Gasteiger partial charge >= 0.3 is 0 Å². The summed E-state index contributed by atoms with van der Waals surface area (Å²) >= 11 is 0. The molecule has 2 heterocycles. The number of ketones is 1. The molecule has 0 N–H and O–H groups in total. The van der Waals surface area contributed by atoms with E-state index >= 15 is 0 Å². The largest absolute Gasteiger partial charge is 0.374 e. The molecule has 1 saturated heterocycles. The molecule has 0 saturated carbocycles. The van der Waals surface area contributed by atoms with Crippen LogP contribution in [0.2, 0.25) is 0 Å². The van der Waals surface area contributed by atoms with E-state index < -0.39 is 37.0 Å². The highest BCUT2D eigenvalue weighted by atomic mass is 16.8. The number of hydrogen-bond donors (Lipinski definition) is 0. The van der Waals surface area contributed by atoms with Crippen LogP contribution in [-0.4, -0.2) is 56.0 Å². The monoisotopic (exact) mass is 636 g/mol. The molecule has 0 bridgehead atoms. The van der Waals surface area contributed by atoms with Crippen molar-refractivity contribution < 1.29 is 38.0 Å². The van der Waals surface area contributed by atoms with Crippen LogP contribution in [0, 0.1) is 0 Å². The molecule has 2 aliphatic heterocycles. The summed E-state index contributed by atoms with van der Waals surface area (Å²) in [4.78, 5) is 11.8. The van der Waals surface area contributed by atoms with Gasteiger partial charge in [-0.15, -0.1) is 0 Å². The topological polar surface area (TPSA) is 81.7 Å². The Balaban J connectivity index is 1.30. The van der Waals surface area contributed by atoms with Gasteiger partial charge in [-0.05, 0) is 34.4 Å². The van der Waals surface area contributed by atoms with Crippen LogP contribution < -0.4 is 0 Å². The minimum atomic E-state index is -0.927. The maximum absolute atomic E-state index is 11.8. The average molecular weight is 637 g/mol. The number of ether oxygens (including phenoxy) is 7. The Morgan fingerprint density at radius 3 is 1.53 bits per heavy atom. The fourth-order valence-corrected chi connectivity index (χ4v) is 5.53. The van der Waals surface area contributed by atoms with E-state index in [1.807, 2.05) is 121 Å². The average Bonchev–Trinajstić information content (AvgIpc) is 3.12. The van der Waals surface area contributed by atoms with Crippen LogP contribution in [-0.2, 0) is 64.4 Å². The van der Waals surface area contributed by atoms with Gasteiger partial charge in [0.25, 0.3) is 0 Å². The van der Waals surface area contributed by atoms with Crippen LogP contribution in [0.4, 0.5) is 0 Å². The van der Waals surface area contributed by atoms with Crippen molar-refractivity contribution in [2.24, 2.45) is 0 Å². The first-order chi connectivity index (χ1) is 23.2. The van der Waals surface area contributed by atoms with E-state index in [9.17, 15) is 4.79 Å². The Kier molecular flexibility index (Phi) is 12.1. The van der Waals surface area contributed by atoms with Crippen LogP contribution >= 0.6 is 0 Å². The van der Waals surface area contributed by atoms with Crippen molar-refractivity contribution in [3.63, 3.8) is 0 Å². The Hall–Kier alpha value is -3.99. The van der Waals surface area contributed by atoms with Crippen molar-refractivity contribution in [3.05, 3.63) is 156 Å². The van der Waals surface area contributed by atoms with Gasteiger partial charge in [0.15, 0.2) is 18.4 Å². The second-order valence-electron chi connectivity index (χ2n) is 11.5. The standard InChI is InChI=1S/C39H40O8/c40-33-21-22-35(42-27-33)47-39-38(45-26-32-19-11-4-12-20-32)37(44-25-31-17-9-3-10-18-31)36(43-24-30-15-7-2-8-16-30)34(46-39)28-41-23-29-13-5-1-6-14-29/h1-22,34-39H,23-28H2/t34-,35+,36-,37+,38-,39?/m1/s1. The lowest BCUT2D eigenvalue weighted by molar-refractivity contribution is -0.349. The molecule has 47 heavy (non-hydrogen) atoms. The summed E-state index contributed by atoms with van der Waals surface area (Å²) in [6.45, 7) is 1.48. The van der Waals surface area contributed by atoms with Crippen LogP contribution in [0.1, 0.15) is 22.3 Å². The second-order valence-corrected chi connectivity index (χ2v) is 11.5. The van der Waals surface area contributed by atoms with Crippen molar-refractivity contribution in [2.45, 2.75) is 63.4 Å². The van der Waals surface area contributed by atoms with Crippen molar-refractivity contribution in [2.75, 3.05) is 13.2 Å². The Morgan fingerprint density at radius 1 is 0.574 bits per heavy atom. The van der Waals surface area contributed by atoms with E-state index in [0.29, 0.717) is 26.4 Å². The Bertz CT molecular complexity index is 1520. The van der Waals surface area contributed by atoms with E-state index in [4.69, 9.17) is 33.2 Å². The van der Waals surface area contributed by atoms with E-state index in [2.05, 4.69) is 0 Å². The summed E-state index contributed by atoms with van der Waals surface area (Å²) in [6.07, 6.45) is -1.19. The minimum Gasteiger partial charge on any atom is -0.374 e. The lowest BCUT2D eigenvalue weighted by atomic mass is 9.97. The van der Waals surface area contributed by atoms with Crippen molar-refractivity contribution in [1.29, 1.82) is 0 Å². The summed E-state index contributed by atoms with van der Waals surface area (Å²) in [7, 11) is 0. The number of hydrogen-bond acceptors (Lipinski definition) is 8. The minimum absolute atomic E-state index is 0.0796. The lowest BCUT2D eigenvalue weighted by Gasteiger charge is -2.46. The SMILES string of the molecule is O=C1C=C[C@H](OC2O[C@H](COCc3ccccc3)[C@@H](OCc3ccccc3)[C@H](OCc3ccccc3)[C@H]2OCc2ccccc2)OC1. The molecule has 8 nitrogen and oxygen atoms in total. The van der Waals surface area contributed by atoms with Gasteiger partial charge in [0.1, 0.15) is 31.0 Å². The Labute approximate surface area is 275 Å². The van der Waals surface area contributed by atoms with Gasteiger partial charge in [-0.2, -0.15) is 0 Å². The number of rotatable bonds is 15. The van der Waals surface area contributed by atoms with Gasteiger partial charge in [-0.3, -0.25) is 4.79 Å². The van der Waals surface area contributed by atoms with Gasteiger partial charge < -0.3 is 33.2 Å². The zero-order valence-corrected chi connectivity index (χ0v) is 26.2. The van der Waals surface area contributed by atoms with Crippen LogP contribution in [0.15, 0.2) is 133 Å². The van der Waals surface area contributed by atoms with Gasteiger partial charge in [-0.25, -0.2) is 0 Å². The van der Waals surface area contributed by atoms with Gasteiger partial charge in [0.2, 0.25) is 0 Å². The molecule has 0 amide bonds. The molecule has 0 radical (unpaired) electrons. The molecule has 1 unspecified atom stereocenters. The maximum Gasteiger partial charge on any atom is 0.190 e. The number of benzene rings is 4. The summed E-state index contributed by atoms with van der Waals surface area (Å²) in [5, 5.41) is 0. The summed E-state index contributed by atoms with van der Waals surface area (Å²) in [5.41, 5.74) is 4.06. The maximum atomic E-state index is 11.8. The quantitative estimate of drug-likeness (QED) is 0.153. The first-order valence-electron chi connectivity index (χ1n) is 15.9. The third kappa shape index (κ3) is 9.76. The molecule has 2 aliphatic rings. The third-order valence-electron chi connectivity index (χ3n) is 7.94. The summed E-state index contributed by atoms with van der Waals surface area (Å²) in [5.74, 6) is -0.128. The lowest BCUT2D eigenvalue weighted by Crippen LogP contribution is -2.62. The van der Waals surface area contributed by atoms with Crippen LogP contribution in [0.3, 0.4) is 0 Å². The predicted octanol–water partition coefficient (Wildman–Crippen LogP) is 6.18. The Morgan fingerprint density at radius 2 is 1.04 bits per heavy atom. The molecule has 1 fully saturated rings. The third-order valence-corrected chi connectivity index (χ3v) is 7.94. The van der Waals surface area contributed by atoms with Gasteiger partial charge in [0, 0.05) is 0 Å². The van der Waals surface area contributed by atoms with E-state index in [0.717, 1.165) is 22.3 Å². The van der Waals surface area contributed by atoms with Gasteiger partial charge in [-0.1, -0.05) is 121 Å². The molecule has 8 heteroatoms. The van der Waals surface area contributed by atoms with E-state index in [1.165, 1.54) is 6.08 Å². The molecule has 6 rings (SSSR count). The molecule has 4 aromatic rings. The first kappa shape index (κ1) is 32.9. The predicted molar refractivity (Wildman–Crippen MR) is 175 cm³/mol. The second kappa shape index (κ2) is 17.2. The molecular formula is C39H40O8. The first-order valence-corrected chi connectivity index (χ1v) is 15.9. The van der Waals surface area contributed by atoms with Crippen molar-refractivity contribution >= 4 is 5.78 Å². The van der Waals surface area contributed by atoms with Crippen molar-refractivity contribution in [1.82, 2.24) is 0 Å². The normalized spacial score (nSPS) is 24.3. The van der Waals surface area contributed by atoms with Crippen molar-refractivity contribution in [3.8, 4) is 0 Å². The molecule has 0 spiro atoms. The highest BCUT2D eigenvalue weighted by molar-refractivity contribution is 5.91. The zero-order chi connectivity index (χ0) is 32.1. The van der Waals surface area contributed by atoms with E-state index in [-0.39, 0.29) is 19.0 Å². The smallest absolute Gasteiger partial charge is 0.190 e. The molecular weight excluding hydrogens is 596 g/mol. The van der Waals surface area contributed by atoms with Crippen LogP contribution in [0.25, 0.3) is 0 Å².